The standard InChI is InChI=1S/3C22H28FNO3.C12H12O8.C8H8O2/c3*1-26-20-5-3-4-19(22(20)27-2)21(25)17-11-14-24(15-12-17)13-10-16-6-8-18(23)9-7-16;1-19-7-4-2-6(3-5-7)12(18)20-9(11(16)17)8(13)10(14)15;1-10-8-4-2-7(6-9)3-5-8/h3*3-9,17,21,25H,10-15H2,1-2H3;2-5,8-9,13H,1H3,(H,14,15)(H,16,17);2-6H,1H3/t2*21-;;8-,9-;/m11.0./s1. The van der Waals surface area contributed by atoms with E-state index >= 15 is 0 Å². The zero-order valence-corrected chi connectivity index (χ0v) is 64.1. The number of nitrogens with zero attached hydrogens (tertiary/aromatic N) is 2. The summed E-state index contributed by atoms with van der Waals surface area (Å²) in [6.07, 6.45) is 2.88. The van der Waals surface area contributed by atoms with E-state index < -0.39 is 48.4 Å². The lowest BCUT2D eigenvalue weighted by Gasteiger charge is -2.34. The lowest BCUT2D eigenvalue weighted by atomic mass is 9.87. The van der Waals surface area contributed by atoms with E-state index in [4.69, 9.17) is 48.1 Å². The van der Waals surface area contributed by atoms with E-state index in [0.717, 1.165) is 157 Å². The van der Waals surface area contributed by atoms with E-state index in [1.807, 2.05) is 91.0 Å². The number of carbonyl (C=O) groups excluding carboxylic acids is 3. The van der Waals surface area contributed by atoms with Gasteiger partial charge in [-0.1, -0.05) is 72.8 Å². The molecule has 0 amide bonds. The number of quaternary nitrogens is 1. The molecular formula is C86H104F3N3O19. The van der Waals surface area contributed by atoms with Crippen LogP contribution < -0.4 is 47.9 Å². The Balaban J connectivity index is 0.000000198. The first-order chi connectivity index (χ1) is 53.6. The molecule has 3 fully saturated rings. The predicted molar refractivity (Wildman–Crippen MR) is 410 cm³/mol. The molecule has 3 saturated heterocycles. The largest absolute Gasteiger partial charge is 0.547 e. The summed E-state index contributed by atoms with van der Waals surface area (Å²) in [6, 6.07) is 49.5. The lowest BCUT2D eigenvalue weighted by Crippen LogP contribution is -3.13. The number of carboxylic acid groups (broad SMARTS) is 2. The highest BCUT2D eigenvalue weighted by Crippen LogP contribution is 2.43. The first kappa shape index (κ1) is 88.0. The maximum atomic E-state index is 13.0. The summed E-state index contributed by atoms with van der Waals surface area (Å²) in [5.74, 6) is 0.128. The van der Waals surface area contributed by atoms with Gasteiger partial charge >= 0.3 is 11.9 Å². The van der Waals surface area contributed by atoms with Crippen molar-refractivity contribution in [2.45, 2.75) is 88.3 Å². The number of para-hydroxylation sites is 3. The molecule has 0 saturated carbocycles. The van der Waals surface area contributed by atoms with Crippen molar-refractivity contribution in [2.75, 3.05) is 116 Å². The maximum absolute atomic E-state index is 13.0. The van der Waals surface area contributed by atoms with Crippen molar-refractivity contribution in [3.05, 3.63) is 238 Å². The number of rotatable bonds is 29. The number of benzene rings is 8. The Kier molecular flexibility index (Phi) is 36.3. The van der Waals surface area contributed by atoms with Gasteiger partial charge in [-0.2, -0.15) is 0 Å². The summed E-state index contributed by atoms with van der Waals surface area (Å²) < 4.78 is 85.7. The van der Waals surface area contributed by atoms with Crippen LogP contribution in [0, 0.1) is 35.2 Å². The fourth-order valence-electron chi connectivity index (χ4n) is 13.6. The molecule has 6 N–H and O–H groups in total. The molecule has 598 valence electrons. The number of aliphatic hydroxyl groups excluding tert-OH is 4. The van der Waals surface area contributed by atoms with Gasteiger partial charge in [0.25, 0.3) is 0 Å². The molecule has 0 aromatic heterocycles. The van der Waals surface area contributed by atoms with Crippen molar-refractivity contribution in [1.29, 1.82) is 0 Å². The number of ether oxygens (including phenoxy) is 9. The summed E-state index contributed by atoms with van der Waals surface area (Å²) in [6.45, 7) is 8.84. The molecule has 0 aliphatic carbocycles. The number of halogens is 3. The van der Waals surface area contributed by atoms with Crippen molar-refractivity contribution in [3.63, 3.8) is 0 Å². The molecule has 3 aliphatic rings. The van der Waals surface area contributed by atoms with Crippen molar-refractivity contribution >= 4 is 24.2 Å². The summed E-state index contributed by atoms with van der Waals surface area (Å²) in [5, 5.41) is 61.0. The molecule has 0 radical (unpaired) electrons. The Labute approximate surface area is 647 Å². The first-order valence-electron chi connectivity index (χ1n) is 36.8. The highest BCUT2D eigenvalue weighted by atomic mass is 19.1. The minimum absolute atomic E-state index is 0.0254. The monoisotopic (exact) mass is 1540 g/mol. The zero-order chi connectivity index (χ0) is 80.4. The van der Waals surface area contributed by atoms with Crippen LogP contribution in [0.5, 0.6) is 46.0 Å². The fourth-order valence-corrected chi connectivity index (χ4v) is 13.6. The molecule has 11 rings (SSSR count). The van der Waals surface area contributed by atoms with E-state index in [1.165, 1.54) is 73.3 Å². The lowest BCUT2D eigenvalue weighted by molar-refractivity contribution is -0.906. The third-order valence-corrected chi connectivity index (χ3v) is 20.1. The Hall–Kier alpha value is -10.3. The van der Waals surface area contributed by atoms with E-state index in [1.54, 1.807) is 78.9 Å². The van der Waals surface area contributed by atoms with Crippen LogP contribution in [0.4, 0.5) is 13.2 Å². The second-order valence-electron chi connectivity index (χ2n) is 27.0. The van der Waals surface area contributed by atoms with E-state index in [9.17, 15) is 52.8 Å². The number of piperidine rings is 3. The Morgan fingerprint density at radius 1 is 0.459 bits per heavy atom. The third-order valence-electron chi connectivity index (χ3n) is 20.1. The molecule has 25 heteroatoms. The zero-order valence-electron chi connectivity index (χ0n) is 64.1. The molecule has 5 atom stereocenters. The first-order valence-corrected chi connectivity index (χ1v) is 36.8. The van der Waals surface area contributed by atoms with Gasteiger partial charge in [0.2, 0.25) is 6.10 Å². The second-order valence-corrected chi connectivity index (χ2v) is 27.0. The highest BCUT2D eigenvalue weighted by molar-refractivity contribution is 5.92. The number of aldehydes is 1. The number of hydrogen-bond acceptors (Lipinski definition) is 20. The van der Waals surface area contributed by atoms with Crippen LogP contribution in [0.1, 0.15) is 111 Å². The van der Waals surface area contributed by atoms with Gasteiger partial charge in [0.15, 0.2) is 34.5 Å². The number of esters is 1. The summed E-state index contributed by atoms with van der Waals surface area (Å²) >= 11 is 0. The quantitative estimate of drug-likeness (QED) is 0.0188. The number of likely N-dealkylation sites (tertiary alicyclic amines) is 3. The van der Waals surface area contributed by atoms with Gasteiger partial charge in [-0.15, -0.1) is 0 Å². The topological polar surface area (TPSA) is 286 Å². The van der Waals surface area contributed by atoms with Crippen LogP contribution in [-0.4, -0.2) is 188 Å². The van der Waals surface area contributed by atoms with Crippen LogP contribution in [0.25, 0.3) is 0 Å². The van der Waals surface area contributed by atoms with Gasteiger partial charge < -0.3 is 92.8 Å². The Morgan fingerprint density at radius 3 is 1.12 bits per heavy atom. The molecule has 0 spiro atoms. The number of aliphatic hydroxyl groups is 4. The summed E-state index contributed by atoms with van der Waals surface area (Å²) in [4.78, 5) is 49.3. The van der Waals surface area contributed by atoms with Crippen LogP contribution in [-0.2, 0) is 33.6 Å². The number of carboxylic acids is 2. The van der Waals surface area contributed by atoms with Gasteiger partial charge in [0.05, 0.1) is 106 Å². The molecular weight excluding hydrogens is 1440 g/mol. The normalized spacial score (nSPS) is 16.5. The minimum Gasteiger partial charge on any atom is -0.547 e. The minimum atomic E-state index is -2.46. The van der Waals surface area contributed by atoms with Gasteiger partial charge in [-0.3, -0.25) is 4.79 Å². The number of aliphatic carboxylic acids is 2. The number of nitrogens with one attached hydrogen (secondary N) is 1. The van der Waals surface area contributed by atoms with E-state index in [2.05, 4.69) is 14.5 Å². The number of hydrogen-bond donors (Lipinski definition) is 6. The van der Waals surface area contributed by atoms with Gasteiger partial charge in [-0.25, -0.2) is 22.8 Å². The van der Waals surface area contributed by atoms with Crippen molar-refractivity contribution in [3.8, 4) is 46.0 Å². The average molecular weight is 1540 g/mol. The average Bonchev–Trinajstić information content (AvgIpc) is 0.826. The summed E-state index contributed by atoms with van der Waals surface area (Å²) in [5.41, 5.74) is 6.51. The third kappa shape index (κ3) is 26.8. The maximum Gasteiger partial charge on any atom is 0.348 e. The predicted octanol–water partition coefficient (Wildman–Crippen LogP) is 10.00. The van der Waals surface area contributed by atoms with Crippen molar-refractivity contribution < 1.29 is 111 Å². The van der Waals surface area contributed by atoms with Crippen LogP contribution >= 0.6 is 0 Å². The Bertz CT molecular complexity index is 3800. The second kappa shape index (κ2) is 45.8. The number of carbonyl (C=O) groups is 4. The van der Waals surface area contributed by atoms with Gasteiger partial charge in [-0.05, 0) is 202 Å². The molecule has 8 aromatic rings. The Morgan fingerprint density at radius 2 is 0.802 bits per heavy atom. The summed E-state index contributed by atoms with van der Waals surface area (Å²) in [7, 11) is 12.6. The van der Waals surface area contributed by atoms with E-state index in [-0.39, 0.29) is 40.8 Å². The molecule has 111 heavy (non-hydrogen) atoms. The van der Waals surface area contributed by atoms with Crippen LogP contribution in [0.3, 0.4) is 0 Å². The van der Waals surface area contributed by atoms with Crippen molar-refractivity contribution in [1.82, 2.24) is 9.80 Å². The van der Waals surface area contributed by atoms with Gasteiger partial charge in [0.1, 0.15) is 41.3 Å². The number of methoxy groups -OCH3 is 8. The molecule has 0 bridgehead atoms. The van der Waals surface area contributed by atoms with Crippen LogP contribution in [0.15, 0.2) is 176 Å². The smallest absolute Gasteiger partial charge is 0.348 e. The van der Waals surface area contributed by atoms with Gasteiger partial charge in [0, 0.05) is 54.6 Å². The van der Waals surface area contributed by atoms with E-state index in [0.29, 0.717) is 45.8 Å². The molecule has 22 nitrogen and oxygen atoms in total. The van der Waals surface area contributed by atoms with Crippen LogP contribution in [0.2, 0.25) is 0 Å². The molecule has 1 unspecified atom stereocenters. The highest BCUT2D eigenvalue weighted by Gasteiger charge is 2.35. The fraction of sp³-hybridized carbons (Fsp3) is 0.395. The molecule has 8 aromatic carbocycles. The van der Waals surface area contributed by atoms with Crippen molar-refractivity contribution in [2.24, 2.45) is 17.8 Å². The SMILES string of the molecule is COc1ccc(C(=O)O[C@H](C(=O)O)[C@H](O)C(=O)[O-])cc1.COc1ccc(C=O)cc1.COc1cccc(C(O)C2CCN(CCc3ccc(F)cc3)CC2)c1OC.COc1cccc([C@H](O)C2CCN(CCc3ccc(F)cc3)CC2)c1OC.COc1cccc([C@H](O)C2CC[NH+](CCc3ccc(F)cc3)CC2)c1OC. The molecule has 3 heterocycles. The molecule has 3 aliphatic heterocycles.